The molecule has 0 atom stereocenters. The summed E-state index contributed by atoms with van der Waals surface area (Å²) in [6.45, 7) is 2.08. The van der Waals surface area contributed by atoms with Crippen molar-refractivity contribution in [3.05, 3.63) is 83.8 Å². The Labute approximate surface area is 211 Å². The zero-order valence-corrected chi connectivity index (χ0v) is 20.8. The number of rotatable bonds is 12. The van der Waals surface area contributed by atoms with E-state index in [1.54, 1.807) is 18.2 Å². The number of H-pyrrole nitrogens is 1. The van der Waals surface area contributed by atoms with E-state index >= 15 is 0 Å². The second kappa shape index (κ2) is 11.6. The quantitative estimate of drug-likeness (QED) is 0.139. The van der Waals surface area contributed by atoms with Gasteiger partial charge in [0, 0.05) is 30.4 Å². The molecule has 2 aromatic heterocycles. The lowest BCUT2D eigenvalue weighted by molar-refractivity contribution is -0.124. The summed E-state index contributed by atoms with van der Waals surface area (Å²) in [5.41, 5.74) is 4.56. The first kappa shape index (κ1) is 25.0. The summed E-state index contributed by atoms with van der Waals surface area (Å²) in [4.78, 5) is 27.6. The van der Waals surface area contributed by atoms with E-state index in [-0.39, 0.29) is 23.7 Å². The van der Waals surface area contributed by atoms with E-state index in [9.17, 15) is 14.7 Å². The fourth-order valence-electron chi connectivity index (χ4n) is 4.33. The van der Waals surface area contributed by atoms with Crippen molar-refractivity contribution in [2.45, 2.75) is 45.4 Å². The molecule has 0 aliphatic rings. The van der Waals surface area contributed by atoms with E-state index in [0.29, 0.717) is 23.4 Å². The third-order valence-corrected chi connectivity index (χ3v) is 6.28. The molecule has 0 radical (unpaired) electrons. The van der Waals surface area contributed by atoms with Crippen LogP contribution in [-0.4, -0.2) is 33.3 Å². The van der Waals surface area contributed by atoms with Gasteiger partial charge in [-0.1, -0.05) is 56.2 Å². The Hall–Kier alpha value is -4.06. The van der Waals surface area contributed by atoms with Crippen LogP contribution in [0.1, 0.15) is 55.7 Å². The van der Waals surface area contributed by atoms with Crippen molar-refractivity contribution >= 4 is 28.5 Å². The number of allylic oxidation sites excluding steroid dienone is 1. The maximum Gasteiger partial charge on any atom is 0.182 e. The fraction of sp³-hybridized carbons (Fsp3) is 0.267. The average Bonchev–Trinajstić information content (AvgIpc) is 3.46. The van der Waals surface area contributed by atoms with Crippen molar-refractivity contribution in [2.24, 2.45) is 0 Å². The number of hydrogen-bond acceptors (Lipinski definition) is 4. The molecule has 6 heteroatoms. The number of ether oxygens (including phenoxy) is 1. The maximum atomic E-state index is 12.3. The lowest BCUT2D eigenvalue weighted by Crippen LogP contribution is -2.05. The first-order chi connectivity index (χ1) is 17.5. The molecular weight excluding hydrogens is 452 g/mol. The molecule has 4 aromatic rings. The number of carbonyl (C=O) groups excluding carboxylic acids is 2. The van der Waals surface area contributed by atoms with Crippen LogP contribution in [-0.2, 0) is 16.0 Å². The number of aromatic hydroxyl groups is 1. The molecule has 0 bridgehead atoms. The Morgan fingerprint density at radius 3 is 2.67 bits per heavy atom. The highest BCUT2D eigenvalue weighted by atomic mass is 16.5. The molecule has 186 valence electrons. The molecule has 36 heavy (non-hydrogen) atoms. The number of nitrogens with zero attached hydrogens (tertiary/aromatic N) is 1. The van der Waals surface area contributed by atoms with E-state index in [1.165, 1.54) is 18.7 Å². The Morgan fingerprint density at radius 2 is 1.92 bits per heavy atom. The minimum absolute atomic E-state index is 0.00865. The van der Waals surface area contributed by atoms with E-state index in [4.69, 9.17) is 4.74 Å². The highest BCUT2D eigenvalue weighted by Crippen LogP contribution is 2.36. The van der Waals surface area contributed by atoms with Gasteiger partial charge in [0.2, 0.25) is 0 Å². The molecule has 0 saturated carbocycles. The highest BCUT2D eigenvalue weighted by molar-refractivity contribution is 6.06. The minimum atomic E-state index is -0.232. The van der Waals surface area contributed by atoms with Crippen molar-refractivity contribution in [1.82, 2.24) is 9.55 Å². The second-order valence-corrected chi connectivity index (χ2v) is 9.03. The van der Waals surface area contributed by atoms with Gasteiger partial charge in [0.05, 0.1) is 24.7 Å². The normalized spacial score (nSPS) is 11.4. The van der Waals surface area contributed by atoms with Crippen LogP contribution < -0.4 is 4.74 Å². The highest BCUT2D eigenvalue weighted by Gasteiger charge is 2.15. The summed E-state index contributed by atoms with van der Waals surface area (Å²) in [7, 11) is 1.49. The number of carbonyl (C=O) groups is 2. The summed E-state index contributed by atoms with van der Waals surface area (Å²) in [5, 5.41) is 11.9. The van der Waals surface area contributed by atoms with E-state index in [0.717, 1.165) is 42.1 Å². The fourth-order valence-corrected chi connectivity index (χ4v) is 4.33. The third-order valence-electron chi connectivity index (χ3n) is 6.28. The summed E-state index contributed by atoms with van der Waals surface area (Å²) in [6, 6.07) is 13.7. The first-order valence-electron chi connectivity index (χ1n) is 12.3. The Bertz CT molecular complexity index is 1380. The predicted molar refractivity (Wildman–Crippen MR) is 143 cm³/mol. The van der Waals surface area contributed by atoms with Crippen LogP contribution >= 0.6 is 0 Å². The number of Topliss-reactive ketones (excluding diaryl/α,β-unsaturated/α-hetero) is 1. The van der Waals surface area contributed by atoms with Gasteiger partial charge in [-0.05, 0) is 47.7 Å². The number of aromatic nitrogens is 2. The number of methoxy groups -OCH3 is 1. The number of phenols is 1. The first-order valence-corrected chi connectivity index (χ1v) is 12.3. The average molecular weight is 485 g/mol. The van der Waals surface area contributed by atoms with Gasteiger partial charge in [-0.25, -0.2) is 0 Å². The van der Waals surface area contributed by atoms with Crippen LogP contribution in [0.2, 0.25) is 0 Å². The molecule has 0 aliphatic carbocycles. The number of benzene rings is 2. The van der Waals surface area contributed by atoms with Crippen LogP contribution in [0.25, 0.3) is 22.7 Å². The Kier molecular flexibility index (Phi) is 8.06. The van der Waals surface area contributed by atoms with Gasteiger partial charge >= 0.3 is 0 Å². The van der Waals surface area contributed by atoms with Gasteiger partial charge in [0.25, 0.3) is 0 Å². The van der Waals surface area contributed by atoms with Crippen molar-refractivity contribution < 1.29 is 19.4 Å². The molecule has 2 heterocycles. The van der Waals surface area contributed by atoms with Gasteiger partial charge in [0.1, 0.15) is 5.78 Å². The summed E-state index contributed by atoms with van der Waals surface area (Å²) < 4.78 is 7.24. The summed E-state index contributed by atoms with van der Waals surface area (Å²) in [6.07, 6.45) is 13.0. The van der Waals surface area contributed by atoms with Crippen LogP contribution in [0.5, 0.6) is 11.5 Å². The SMILES string of the molecule is CCCCCC(=O)CC(=O)C=Cc1cc(OC)c(O)c(-n2cc3[nH]cc(Cc4ccccc4)c3c2)c1. The number of aromatic amines is 1. The zero-order chi connectivity index (χ0) is 25.5. The lowest BCUT2D eigenvalue weighted by Gasteiger charge is -2.12. The molecule has 0 aliphatic heterocycles. The number of fused-ring (bicyclic) bond motifs is 1. The summed E-state index contributed by atoms with van der Waals surface area (Å²) >= 11 is 0. The van der Waals surface area contributed by atoms with Gasteiger partial charge in [0.15, 0.2) is 17.3 Å². The van der Waals surface area contributed by atoms with Gasteiger partial charge in [-0.2, -0.15) is 0 Å². The van der Waals surface area contributed by atoms with E-state index in [1.807, 2.05) is 41.4 Å². The molecule has 0 unspecified atom stereocenters. The van der Waals surface area contributed by atoms with Crippen LogP contribution in [0.3, 0.4) is 0 Å². The third kappa shape index (κ3) is 5.95. The number of phenolic OH excluding ortho intramolecular Hbond substituents is 1. The molecule has 2 N–H and O–H groups in total. The Morgan fingerprint density at radius 1 is 1.11 bits per heavy atom. The standard InChI is InChI=1S/C30H32N2O4/c1-3-4-6-11-24(33)17-25(34)13-12-22-15-28(30(35)29(16-22)36-2)32-19-26-23(18-31-27(26)20-32)14-21-9-7-5-8-10-21/h5,7-10,12-13,15-16,18-20,31,35H,3-4,6,11,14,17H2,1-2H3. The molecule has 0 spiro atoms. The maximum absolute atomic E-state index is 12.3. The molecule has 4 rings (SSSR count). The molecule has 2 aromatic carbocycles. The van der Waals surface area contributed by atoms with E-state index in [2.05, 4.69) is 24.0 Å². The molecule has 6 nitrogen and oxygen atoms in total. The number of ketones is 2. The molecule has 0 amide bonds. The molecular formula is C30H32N2O4. The molecule has 0 fully saturated rings. The van der Waals surface area contributed by atoms with E-state index < -0.39 is 0 Å². The lowest BCUT2D eigenvalue weighted by atomic mass is 10.1. The number of unbranched alkanes of at least 4 members (excludes halogenated alkanes) is 2. The van der Waals surface area contributed by atoms with Crippen LogP contribution in [0.15, 0.2) is 67.1 Å². The summed E-state index contributed by atoms with van der Waals surface area (Å²) in [5.74, 6) is 0.0483. The Balaban J connectivity index is 1.57. The number of nitrogens with one attached hydrogen (secondary N) is 1. The second-order valence-electron chi connectivity index (χ2n) is 9.03. The van der Waals surface area contributed by atoms with Crippen molar-refractivity contribution in [3.8, 4) is 17.2 Å². The smallest absolute Gasteiger partial charge is 0.182 e. The van der Waals surface area contributed by atoms with Gasteiger partial charge < -0.3 is 19.4 Å². The van der Waals surface area contributed by atoms with Crippen molar-refractivity contribution in [1.29, 1.82) is 0 Å². The van der Waals surface area contributed by atoms with Gasteiger partial charge in [-0.15, -0.1) is 0 Å². The minimum Gasteiger partial charge on any atom is -0.503 e. The van der Waals surface area contributed by atoms with Gasteiger partial charge in [-0.3, -0.25) is 9.59 Å². The molecule has 0 saturated heterocycles. The van der Waals surface area contributed by atoms with Crippen molar-refractivity contribution in [3.63, 3.8) is 0 Å². The number of hydrogen-bond donors (Lipinski definition) is 2. The largest absolute Gasteiger partial charge is 0.503 e. The predicted octanol–water partition coefficient (Wildman–Crippen LogP) is 6.39. The topological polar surface area (TPSA) is 84.3 Å². The zero-order valence-electron chi connectivity index (χ0n) is 20.8. The van der Waals surface area contributed by atoms with Crippen molar-refractivity contribution in [2.75, 3.05) is 7.11 Å². The van der Waals surface area contributed by atoms with Crippen LogP contribution in [0, 0.1) is 0 Å². The monoisotopic (exact) mass is 484 g/mol. The van der Waals surface area contributed by atoms with Crippen LogP contribution in [0.4, 0.5) is 0 Å².